The van der Waals surface area contributed by atoms with Crippen molar-refractivity contribution in [1.29, 1.82) is 0 Å². The number of thiocarbonyl (C=S) groups is 1. The Morgan fingerprint density at radius 1 is 1.30 bits per heavy atom. The summed E-state index contributed by atoms with van der Waals surface area (Å²) in [7, 11) is 0. The van der Waals surface area contributed by atoms with Gasteiger partial charge in [-0.15, -0.1) is 0 Å². The second kappa shape index (κ2) is 5.26. The second-order valence-electron chi connectivity index (χ2n) is 5.67. The van der Waals surface area contributed by atoms with Crippen molar-refractivity contribution < 1.29 is 9.59 Å². The fraction of sp³-hybridized carbons (Fsp3) is 0.357. The third-order valence-electron chi connectivity index (χ3n) is 3.23. The van der Waals surface area contributed by atoms with Crippen LogP contribution in [0.15, 0.2) is 22.7 Å². The van der Waals surface area contributed by atoms with Crippen molar-refractivity contribution in [2.45, 2.75) is 26.7 Å². The highest BCUT2D eigenvalue weighted by Crippen LogP contribution is 2.36. The maximum absolute atomic E-state index is 12.2. The van der Waals surface area contributed by atoms with E-state index >= 15 is 0 Å². The van der Waals surface area contributed by atoms with Gasteiger partial charge in [-0.1, -0.05) is 26.1 Å². The van der Waals surface area contributed by atoms with Gasteiger partial charge in [0, 0.05) is 22.9 Å². The lowest BCUT2D eigenvalue weighted by Gasteiger charge is -2.35. The van der Waals surface area contributed by atoms with E-state index < -0.39 is 0 Å². The van der Waals surface area contributed by atoms with E-state index in [1.807, 2.05) is 13.8 Å². The summed E-state index contributed by atoms with van der Waals surface area (Å²) in [4.78, 5) is 26.0. The van der Waals surface area contributed by atoms with Crippen molar-refractivity contribution in [1.82, 2.24) is 0 Å². The van der Waals surface area contributed by atoms with Crippen molar-refractivity contribution in [3.8, 4) is 0 Å². The Hall–Kier alpha value is -1.27. The van der Waals surface area contributed by atoms with E-state index in [9.17, 15) is 9.59 Å². The van der Waals surface area contributed by atoms with Crippen molar-refractivity contribution in [3.05, 3.63) is 28.2 Å². The predicted molar refractivity (Wildman–Crippen MR) is 85.5 cm³/mol. The highest BCUT2D eigenvalue weighted by atomic mass is 79.9. The average Bonchev–Trinajstić information content (AvgIpc) is 2.28. The first-order valence-electron chi connectivity index (χ1n) is 6.16. The molecule has 1 aliphatic rings. The van der Waals surface area contributed by atoms with Crippen LogP contribution in [0.2, 0.25) is 0 Å². The van der Waals surface area contributed by atoms with Gasteiger partial charge in [0.2, 0.25) is 11.8 Å². The number of imide groups is 1. The number of hydrogen-bond donors (Lipinski definition) is 1. The maximum atomic E-state index is 12.2. The topological polar surface area (TPSA) is 63.4 Å². The predicted octanol–water partition coefficient (Wildman–Crippen LogP) is 2.76. The molecule has 1 fully saturated rings. The minimum absolute atomic E-state index is 0.185. The van der Waals surface area contributed by atoms with Gasteiger partial charge in [0.05, 0.1) is 5.69 Å². The van der Waals surface area contributed by atoms with Crippen LogP contribution in [0.4, 0.5) is 5.69 Å². The van der Waals surface area contributed by atoms with Crippen molar-refractivity contribution in [2.75, 3.05) is 4.90 Å². The van der Waals surface area contributed by atoms with Crippen LogP contribution in [0.25, 0.3) is 0 Å². The van der Waals surface area contributed by atoms with E-state index in [-0.39, 0.29) is 22.2 Å². The number of anilines is 1. The molecule has 2 amide bonds. The molecule has 0 spiro atoms. The van der Waals surface area contributed by atoms with Gasteiger partial charge in [0.15, 0.2) is 0 Å². The minimum Gasteiger partial charge on any atom is -0.389 e. The quantitative estimate of drug-likeness (QED) is 0.655. The molecule has 2 rings (SSSR count). The zero-order chi connectivity index (χ0) is 15.1. The fourth-order valence-electron chi connectivity index (χ4n) is 2.29. The van der Waals surface area contributed by atoms with Crippen LogP contribution in [0.1, 0.15) is 32.3 Å². The number of amides is 2. The first kappa shape index (κ1) is 15.1. The summed E-state index contributed by atoms with van der Waals surface area (Å²) in [5.74, 6) is -0.370. The van der Waals surface area contributed by atoms with Gasteiger partial charge >= 0.3 is 0 Å². The molecule has 106 valence electrons. The largest absolute Gasteiger partial charge is 0.389 e. The van der Waals surface area contributed by atoms with Crippen LogP contribution in [0, 0.1) is 5.41 Å². The number of halogens is 1. The van der Waals surface area contributed by atoms with Crippen LogP contribution >= 0.6 is 28.1 Å². The van der Waals surface area contributed by atoms with E-state index in [1.54, 1.807) is 18.2 Å². The molecule has 0 atom stereocenters. The van der Waals surface area contributed by atoms with E-state index in [2.05, 4.69) is 15.9 Å². The second-order valence-corrected chi connectivity index (χ2v) is 6.97. The summed E-state index contributed by atoms with van der Waals surface area (Å²) in [5.41, 5.74) is 6.51. The minimum atomic E-state index is -0.282. The molecule has 0 bridgehead atoms. The lowest BCUT2D eigenvalue weighted by Crippen LogP contribution is -2.46. The number of piperidine rings is 1. The monoisotopic (exact) mass is 354 g/mol. The van der Waals surface area contributed by atoms with Crippen LogP contribution in [0.5, 0.6) is 0 Å². The Bertz CT molecular complexity index is 593. The number of hydrogen-bond acceptors (Lipinski definition) is 3. The molecule has 4 nitrogen and oxygen atoms in total. The molecule has 0 aliphatic carbocycles. The third kappa shape index (κ3) is 2.91. The molecule has 0 unspecified atom stereocenters. The third-order valence-corrected chi connectivity index (χ3v) is 4.10. The number of nitrogens with two attached hydrogens (primary N) is 1. The van der Waals surface area contributed by atoms with E-state index in [0.29, 0.717) is 28.6 Å². The Kier molecular flexibility index (Phi) is 3.97. The van der Waals surface area contributed by atoms with E-state index in [0.717, 1.165) is 0 Å². The van der Waals surface area contributed by atoms with Crippen LogP contribution < -0.4 is 10.6 Å². The smallest absolute Gasteiger partial charge is 0.234 e. The first-order chi connectivity index (χ1) is 9.21. The van der Waals surface area contributed by atoms with Crippen LogP contribution in [-0.4, -0.2) is 16.8 Å². The van der Waals surface area contributed by atoms with Gasteiger partial charge in [-0.3, -0.25) is 9.59 Å². The summed E-state index contributed by atoms with van der Waals surface area (Å²) in [6.07, 6.45) is 0.699. The lowest BCUT2D eigenvalue weighted by molar-refractivity contribution is -0.132. The molecule has 0 radical (unpaired) electrons. The molecular formula is C14H15BrN2O2S. The number of carbonyl (C=O) groups is 2. The zero-order valence-corrected chi connectivity index (χ0v) is 13.7. The number of rotatable bonds is 2. The molecule has 1 heterocycles. The molecule has 2 N–H and O–H groups in total. The first-order valence-corrected chi connectivity index (χ1v) is 7.36. The maximum Gasteiger partial charge on any atom is 0.234 e. The summed E-state index contributed by atoms with van der Waals surface area (Å²) in [5, 5.41) is 0. The van der Waals surface area contributed by atoms with E-state index in [4.69, 9.17) is 18.0 Å². The number of nitrogens with zero attached hydrogens (tertiary/aromatic N) is 1. The normalized spacial score (nSPS) is 18.2. The van der Waals surface area contributed by atoms with Gasteiger partial charge in [0.1, 0.15) is 4.99 Å². The highest BCUT2D eigenvalue weighted by molar-refractivity contribution is 9.10. The molecule has 0 saturated carbocycles. The fourth-order valence-corrected chi connectivity index (χ4v) is 2.97. The molecular weight excluding hydrogens is 340 g/mol. The van der Waals surface area contributed by atoms with Gasteiger partial charge in [0.25, 0.3) is 0 Å². The molecule has 1 aliphatic heterocycles. The summed E-state index contributed by atoms with van der Waals surface area (Å²) in [6.45, 7) is 3.84. The standard InChI is InChI=1S/C14H15BrN2O2S/c1-14(2)6-11(18)17(12(19)7-14)10-4-3-8(13(16)20)5-9(10)15/h3-5H,6-7H2,1-2H3,(H2,16,20). The molecule has 1 aromatic rings. The summed E-state index contributed by atoms with van der Waals surface area (Å²) in [6, 6.07) is 5.12. The highest BCUT2D eigenvalue weighted by Gasteiger charge is 2.38. The van der Waals surface area contributed by atoms with Gasteiger partial charge < -0.3 is 5.73 Å². The molecule has 1 aromatic carbocycles. The van der Waals surface area contributed by atoms with Crippen molar-refractivity contribution in [2.24, 2.45) is 11.1 Å². The molecule has 20 heavy (non-hydrogen) atoms. The SMILES string of the molecule is CC1(C)CC(=O)N(c2ccc(C(N)=S)cc2Br)C(=O)C1. The Morgan fingerprint density at radius 2 is 1.85 bits per heavy atom. The molecule has 1 saturated heterocycles. The Labute approximate surface area is 131 Å². The zero-order valence-electron chi connectivity index (χ0n) is 11.3. The number of benzene rings is 1. The van der Waals surface area contributed by atoms with Crippen LogP contribution in [0.3, 0.4) is 0 Å². The van der Waals surface area contributed by atoms with Crippen molar-refractivity contribution in [3.63, 3.8) is 0 Å². The summed E-state index contributed by atoms with van der Waals surface area (Å²) >= 11 is 8.28. The van der Waals surface area contributed by atoms with Crippen LogP contribution in [-0.2, 0) is 9.59 Å². The average molecular weight is 355 g/mol. The van der Waals surface area contributed by atoms with Gasteiger partial charge in [-0.25, -0.2) is 4.90 Å². The lowest BCUT2D eigenvalue weighted by atomic mass is 9.81. The van der Waals surface area contributed by atoms with Gasteiger partial charge in [-0.05, 0) is 39.5 Å². The van der Waals surface area contributed by atoms with Gasteiger partial charge in [-0.2, -0.15) is 0 Å². The number of carbonyl (C=O) groups excluding carboxylic acids is 2. The summed E-state index contributed by atoms with van der Waals surface area (Å²) < 4.78 is 0.629. The van der Waals surface area contributed by atoms with E-state index in [1.165, 1.54) is 4.90 Å². The molecule has 0 aromatic heterocycles. The Balaban J connectivity index is 2.39. The molecule has 6 heteroatoms. The Morgan fingerprint density at radius 3 is 2.30 bits per heavy atom. The van der Waals surface area contributed by atoms with Crippen molar-refractivity contribution >= 4 is 50.6 Å².